The van der Waals surface area contributed by atoms with Crippen LogP contribution in [0.4, 0.5) is 11.6 Å². The molecule has 1 aromatic heterocycles. The maximum absolute atomic E-state index is 11.1. The second-order valence-electron chi connectivity index (χ2n) is 4.81. The third kappa shape index (κ3) is 6.07. The summed E-state index contributed by atoms with van der Waals surface area (Å²) in [5, 5.41) is 3.13. The molecule has 1 aromatic carbocycles. The number of nitrogens with zero attached hydrogens (tertiary/aromatic N) is 2. The predicted octanol–water partition coefficient (Wildman–Crippen LogP) is 2.46. The number of esters is 1. The maximum Gasteiger partial charge on any atom is 0.332 e. The topological polar surface area (TPSA) is 73.3 Å². The molecule has 0 amide bonds. The van der Waals surface area contributed by atoms with Crippen LogP contribution in [-0.2, 0) is 14.3 Å². The lowest BCUT2D eigenvalue weighted by Crippen LogP contribution is -2.12. The van der Waals surface area contributed by atoms with E-state index in [1.165, 1.54) is 0 Å². The Hall–Kier alpha value is -2.91. The second-order valence-corrected chi connectivity index (χ2v) is 4.81. The van der Waals surface area contributed by atoms with E-state index in [0.717, 1.165) is 11.4 Å². The highest BCUT2D eigenvalue weighted by Crippen LogP contribution is 2.12. The van der Waals surface area contributed by atoms with Gasteiger partial charge in [-0.3, -0.25) is 0 Å². The van der Waals surface area contributed by atoms with Gasteiger partial charge in [-0.2, -0.15) is 0 Å². The number of aromatic nitrogens is 2. The molecule has 0 aliphatic rings. The first-order chi connectivity index (χ1) is 11.7. The summed E-state index contributed by atoms with van der Waals surface area (Å²) in [5.74, 6) is 5.81. The first-order valence-electron chi connectivity index (χ1n) is 7.57. The summed E-state index contributed by atoms with van der Waals surface area (Å²) in [7, 11) is 0. The van der Waals surface area contributed by atoms with Crippen LogP contribution in [0.15, 0.2) is 36.4 Å². The van der Waals surface area contributed by atoms with Gasteiger partial charge in [0.05, 0.1) is 6.61 Å². The highest BCUT2D eigenvalue weighted by molar-refractivity contribution is 5.70. The Bertz CT molecular complexity index is 736. The molecule has 6 nitrogen and oxygen atoms in total. The molecule has 0 aliphatic carbocycles. The molecule has 0 aliphatic heterocycles. The fraction of sp³-hybridized carbons (Fsp3) is 0.278. The van der Waals surface area contributed by atoms with Crippen molar-refractivity contribution in [3.63, 3.8) is 0 Å². The van der Waals surface area contributed by atoms with Gasteiger partial charge in [-0.15, -0.1) is 0 Å². The summed E-state index contributed by atoms with van der Waals surface area (Å²) in [6.45, 7) is 3.98. The SMILES string of the molecule is CCOC(=O)COCC#Cc1cc(C)nc(Nc2ccccc2)n1. The summed E-state index contributed by atoms with van der Waals surface area (Å²) in [5.41, 5.74) is 2.29. The molecule has 0 atom stereocenters. The number of aryl methyl sites for hydroxylation is 1. The van der Waals surface area contributed by atoms with Crippen molar-refractivity contribution < 1.29 is 14.3 Å². The fourth-order valence-electron chi connectivity index (χ4n) is 1.85. The van der Waals surface area contributed by atoms with Crippen LogP contribution in [0, 0.1) is 18.8 Å². The van der Waals surface area contributed by atoms with E-state index in [0.29, 0.717) is 18.2 Å². The predicted molar refractivity (Wildman–Crippen MR) is 90.8 cm³/mol. The van der Waals surface area contributed by atoms with Gasteiger partial charge in [0.25, 0.3) is 0 Å². The molecule has 2 rings (SSSR count). The Morgan fingerprint density at radius 2 is 2.04 bits per heavy atom. The molecule has 0 radical (unpaired) electrons. The summed E-state index contributed by atoms with van der Waals surface area (Å²) in [4.78, 5) is 19.8. The first-order valence-corrected chi connectivity index (χ1v) is 7.57. The van der Waals surface area contributed by atoms with Crippen molar-refractivity contribution in [2.45, 2.75) is 13.8 Å². The molecule has 0 fully saturated rings. The Balaban J connectivity index is 1.94. The van der Waals surface area contributed by atoms with Crippen LogP contribution >= 0.6 is 0 Å². The maximum atomic E-state index is 11.1. The van der Waals surface area contributed by atoms with Gasteiger partial charge in [0.2, 0.25) is 5.95 Å². The van der Waals surface area contributed by atoms with Gasteiger partial charge in [-0.25, -0.2) is 14.8 Å². The summed E-state index contributed by atoms with van der Waals surface area (Å²) in [6.07, 6.45) is 0. The Kier molecular flexibility index (Phi) is 6.74. The molecule has 0 bridgehead atoms. The second kappa shape index (κ2) is 9.28. The van der Waals surface area contributed by atoms with E-state index < -0.39 is 5.97 Å². The molecular weight excluding hydrogens is 306 g/mol. The number of nitrogens with one attached hydrogen (secondary N) is 1. The molecule has 1 N–H and O–H groups in total. The van der Waals surface area contributed by atoms with E-state index in [-0.39, 0.29) is 13.2 Å². The van der Waals surface area contributed by atoms with Gasteiger partial charge < -0.3 is 14.8 Å². The number of rotatable bonds is 6. The van der Waals surface area contributed by atoms with Gasteiger partial charge in [-0.1, -0.05) is 24.1 Å². The van der Waals surface area contributed by atoms with Crippen LogP contribution in [0.3, 0.4) is 0 Å². The van der Waals surface area contributed by atoms with Crippen molar-refractivity contribution in [2.75, 3.05) is 25.1 Å². The first kappa shape index (κ1) is 17.4. The largest absolute Gasteiger partial charge is 0.464 e. The van der Waals surface area contributed by atoms with Crippen molar-refractivity contribution in [3.8, 4) is 11.8 Å². The lowest BCUT2D eigenvalue weighted by Gasteiger charge is -2.05. The number of anilines is 2. The highest BCUT2D eigenvalue weighted by Gasteiger charge is 2.02. The van der Waals surface area contributed by atoms with Crippen molar-refractivity contribution in [3.05, 3.63) is 47.8 Å². The minimum atomic E-state index is -0.397. The smallest absolute Gasteiger partial charge is 0.332 e. The number of hydrogen-bond acceptors (Lipinski definition) is 6. The minimum Gasteiger partial charge on any atom is -0.464 e. The zero-order valence-corrected chi connectivity index (χ0v) is 13.7. The lowest BCUT2D eigenvalue weighted by molar-refractivity contribution is -0.147. The van der Waals surface area contributed by atoms with E-state index in [9.17, 15) is 4.79 Å². The standard InChI is InChI=1S/C18H19N3O3/c1-3-24-17(22)13-23-11-7-10-16-12-14(2)19-18(21-16)20-15-8-5-4-6-9-15/h4-6,8-9,12H,3,11,13H2,1-2H3,(H,19,20,21). The molecule has 0 spiro atoms. The van der Waals surface area contributed by atoms with Crippen molar-refractivity contribution >= 4 is 17.6 Å². The molecule has 6 heteroatoms. The van der Waals surface area contributed by atoms with Gasteiger partial charge in [0.1, 0.15) is 18.9 Å². The highest BCUT2D eigenvalue weighted by atomic mass is 16.6. The molecule has 0 saturated carbocycles. The van der Waals surface area contributed by atoms with E-state index >= 15 is 0 Å². The molecule has 24 heavy (non-hydrogen) atoms. The van der Waals surface area contributed by atoms with Crippen LogP contribution in [0.25, 0.3) is 0 Å². The summed E-state index contributed by atoms with van der Waals surface area (Å²) >= 11 is 0. The van der Waals surface area contributed by atoms with Crippen LogP contribution in [-0.4, -0.2) is 35.8 Å². The van der Waals surface area contributed by atoms with Crippen LogP contribution < -0.4 is 5.32 Å². The summed E-state index contributed by atoms with van der Waals surface area (Å²) < 4.78 is 9.87. The van der Waals surface area contributed by atoms with Crippen LogP contribution in [0.2, 0.25) is 0 Å². The number of hydrogen-bond donors (Lipinski definition) is 1. The van der Waals surface area contributed by atoms with Crippen molar-refractivity contribution in [1.29, 1.82) is 0 Å². The number of ether oxygens (including phenoxy) is 2. The molecule has 2 aromatic rings. The number of carbonyl (C=O) groups excluding carboxylic acids is 1. The number of benzene rings is 1. The Morgan fingerprint density at radius 3 is 2.79 bits per heavy atom. The van der Waals surface area contributed by atoms with Crippen LogP contribution in [0.1, 0.15) is 18.3 Å². The zero-order chi connectivity index (χ0) is 17.2. The molecule has 0 saturated heterocycles. The third-order valence-corrected chi connectivity index (χ3v) is 2.80. The van der Waals surface area contributed by atoms with Crippen molar-refractivity contribution in [2.24, 2.45) is 0 Å². The van der Waals surface area contributed by atoms with Gasteiger partial charge in [0.15, 0.2) is 0 Å². The Morgan fingerprint density at radius 1 is 1.25 bits per heavy atom. The fourth-order valence-corrected chi connectivity index (χ4v) is 1.85. The van der Waals surface area contributed by atoms with Gasteiger partial charge >= 0.3 is 5.97 Å². The van der Waals surface area contributed by atoms with E-state index in [1.54, 1.807) is 13.0 Å². The van der Waals surface area contributed by atoms with E-state index in [2.05, 4.69) is 27.1 Å². The quantitative estimate of drug-likeness (QED) is 0.500. The lowest BCUT2D eigenvalue weighted by atomic mass is 10.3. The third-order valence-electron chi connectivity index (χ3n) is 2.80. The van der Waals surface area contributed by atoms with Gasteiger partial charge in [-0.05, 0) is 38.0 Å². The number of para-hydroxylation sites is 1. The summed E-state index contributed by atoms with van der Waals surface area (Å²) in [6, 6.07) is 11.4. The molecule has 0 unspecified atom stereocenters. The Labute approximate surface area is 141 Å². The van der Waals surface area contributed by atoms with Crippen LogP contribution in [0.5, 0.6) is 0 Å². The average Bonchev–Trinajstić information content (AvgIpc) is 2.55. The van der Waals surface area contributed by atoms with Gasteiger partial charge in [0, 0.05) is 11.4 Å². The van der Waals surface area contributed by atoms with E-state index in [4.69, 9.17) is 9.47 Å². The average molecular weight is 325 g/mol. The molecule has 124 valence electrons. The van der Waals surface area contributed by atoms with E-state index in [1.807, 2.05) is 37.3 Å². The normalized spacial score (nSPS) is 9.75. The zero-order valence-electron chi connectivity index (χ0n) is 13.7. The number of carbonyl (C=O) groups is 1. The molecular formula is C18H19N3O3. The minimum absolute atomic E-state index is 0.105. The molecule has 1 heterocycles. The monoisotopic (exact) mass is 325 g/mol. The van der Waals surface area contributed by atoms with Crippen molar-refractivity contribution in [1.82, 2.24) is 9.97 Å².